The van der Waals surface area contributed by atoms with Crippen LogP contribution in [0.1, 0.15) is 34.7 Å². The van der Waals surface area contributed by atoms with Crippen molar-refractivity contribution in [3.05, 3.63) is 102 Å². The van der Waals surface area contributed by atoms with E-state index in [4.69, 9.17) is 0 Å². The van der Waals surface area contributed by atoms with Gasteiger partial charge in [-0.15, -0.1) is 0 Å². The van der Waals surface area contributed by atoms with Crippen LogP contribution < -0.4 is 9.44 Å². The van der Waals surface area contributed by atoms with Crippen molar-refractivity contribution in [2.24, 2.45) is 0 Å². The number of nitrogens with one attached hydrogen (secondary N) is 3. The first kappa shape index (κ1) is 29.6. The summed E-state index contributed by atoms with van der Waals surface area (Å²) in [7, 11) is -11.4. The van der Waals surface area contributed by atoms with Gasteiger partial charge < -0.3 is 4.98 Å². The molecule has 11 nitrogen and oxygen atoms in total. The highest BCUT2D eigenvalue weighted by atomic mass is 32.2. The number of rotatable bonds is 9. The molecule has 1 saturated heterocycles. The molecule has 1 aliphatic rings. The molecular formula is C27H25FN4O7S3. The molecule has 2 unspecified atom stereocenters. The van der Waals surface area contributed by atoms with Gasteiger partial charge in [-0.3, -0.25) is 9.52 Å². The number of hydrogen-bond donors (Lipinski definition) is 3. The van der Waals surface area contributed by atoms with Crippen LogP contribution in [-0.4, -0.2) is 47.4 Å². The molecule has 1 aliphatic heterocycles. The number of H-pyrrole nitrogens is 1. The van der Waals surface area contributed by atoms with Gasteiger partial charge in [-0.2, -0.15) is 0 Å². The molecule has 15 heteroatoms. The first-order valence-electron chi connectivity index (χ1n) is 12.5. The third-order valence-electron chi connectivity index (χ3n) is 6.72. The molecule has 42 heavy (non-hydrogen) atoms. The fraction of sp³-hybridized carbons (Fsp3) is 0.185. The molecule has 1 amide bonds. The first-order chi connectivity index (χ1) is 19.7. The summed E-state index contributed by atoms with van der Waals surface area (Å²) in [4.78, 5) is 18.9. The summed E-state index contributed by atoms with van der Waals surface area (Å²) < 4.78 is 92.9. The number of imidazole rings is 1. The predicted molar refractivity (Wildman–Crippen MR) is 151 cm³/mol. The second kappa shape index (κ2) is 11.1. The molecular weight excluding hydrogens is 608 g/mol. The number of aromatic nitrogens is 2. The van der Waals surface area contributed by atoms with Gasteiger partial charge in [0.15, 0.2) is 9.84 Å². The van der Waals surface area contributed by atoms with Gasteiger partial charge in [0.05, 0.1) is 34.1 Å². The summed E-state index contributed by atoms with van der Waals surface area (Å²) in [5, 5.41) is -1.02. The molecule has 3 N–H and O–H groups in total. The van der Waals surface area contributed by atoms with E-state index in [-0.39, 0.29) is 28.5 Å². The van der Waals surface area contributed by atoms with Gasteiger partial charge in [0.25, 0.3) is 0 Å². The molecule has 0 bridgehead atoms. The number of carbonyl (C=O) groups is 1. The number of aromatic amines is 1. The van der Waals surface area contributed by atoms with E-state index < -0.39 is 52.9 Å². The molecule has 3 aromatic carbocycles. The van der Waals surface area contributed by atoms with E-state index in [1.807, 2.05) is 4.72 Å². The van der Waals surface area contributed by atoms with Gasteiger partial charge in [-0.1, -0.05) is 42.5 Å². The summed E-state index contributed by atoms with van der Waals surface area (Å²) in [6.07, 6.45) is 2.45. The second-order valence-electron chi connectivity index (χ2n) is 9.82. The zero-order valence-electron chi connectivity index (χ0n) is 22.0. The van der Waals surface area contributed by atoms with Crippen LogP contribution in [0.5, 0.6) is 0 Å². The molecule has 0 aliphatic carbocycles. The Kier molecular flexibility index (Phi) is 7.78. The number of sulfone groups is 1. The van der Waals surface area contributed by atoms with Crippen molar-refractivity contribution in [1.82, 2.24) is 19.4 Å². The molecule has 0 spiro atoms. The number of halogens is 1. The lowest BCUT2D eigenvalue weighted by Crippen LogP contribution is -2.31. The van der Waals surface area contributed by atoms with Crippen LogP contribution in [0, 0.1) is 5.82 Å². The van der Waals surface area contributed by atoms with Crippen LogP contribution in [-0.2, 0) is 41.1 Å². The average molecular weight is 633 g/mol. The fourth-order valence-corrected chi connectivity index (χ4v) is 7.87. The fourth-order valence-electron chi connectivity index (χ4n) is 4.58. The minimum atomic E-state index is -4.21. The summed E-state index contributed by atoms with van der Waals surface area (Å²) >= 11 is 0. The Morgan fingerprint density at radius 2 is 1.69 bits per heavy atom. The summed E-state index contributed by atoms with van der Waals surface area (Å²) in [6.45, 7) is 0. The molecule has 4 aromatic rings. The van der Waals surface area contributed by atoms with Crippen LogP contribution in [0.2, 0.25) is 0 Å². The van der Waals surface area contributed by atoms with Crippen LogP contribution in [0.25, 0.3) is 11.3 Å². The van der Waals surface area contributed by atoms with Crippen LogP contribution in [0.15, 0.2) is 88.8 Å². The number of sulfonamides is 2. The van der Waals surface area contributed by atoms with E-state index in [0.29, 0.717) is 22.4 Å². The summed E-state index contributed by atoms with van der Waals surface area (Å²) in [5.74, 6) is -1.08. The maximum atomic E-state index is 13.8. The molecule has 1 aromatic heterocycles. The summed E-state index contributed by atoms with van der Waals surface area (Å²) in [5.41, 5.74) is 2.14. The van der Waals surface area contributed by atoms with Crippen LogP contribution in [0.3, 0.4) is 0 Å². The van der Waals surface area contributed by atoms with Crippen molar-refractivity contribution in [2.45, 2.75) is 33.9 Å². The van der Waals surface area contributed by atoms with E-state index in [2.05, 4.69) is 14.7 Å². The number of benzene rings is 3. The highest BCUT2D eigenvalue weighted by Gasteiger charge is 2.37. The highest BCUT2D eigenvalue weighted by Crippen LogP contribution is 2.31. The van der Waals surface area contributed by atoms with Gasteiger partial charge in [0.1, 0.15) is 16.9 Å². The van der Waals surface area contributed by atoms with E-state index in [9.17, 15) is 34.4 Å². The van der Waals surface area contributed by atoms with Crippen molar-refractivity contribution in [1.29, 1.82) is 0 Å². The van der Waals surface area contributed by atoms with Gasteiger partial charge in [-0.05, 0) is 53.4 Å². The minimum Gasteiger partial charge on any atom is -0.341 e. The van der Waals surface area contributed by atoms with Crippen molar-refractivity contribution in [3.8, 4) is 11.3 Å². The smallest absolute Gasteiger partial charge is 0.242 e. The molecule has 1 fully saturated rings. The Morgan fingerprint density at radius 1 is 1.00 bits per heavy atom. The lowest BCUT2D eigenvalue weighted by molar-refractivity contribution is -0.118. The van der Waals surface area contributed by atoms with E-state index in [1.54, 1.807) is 36.4 Å². The second-order valence-corrected chi connectivity index (χ2v) is 15.4. The normalized spacial score (nSPS) is 17.6. The van der Waals surface area contributed by atoms with Crippen molar-refractivity contribution in [3.63, 3.8) is 0 Å². The molecule has 2 atom stereocenters. The lowest BCUT2D eigenvalue weighted by Gasteiger charge is -2.18. The molecule has 0 saturated carbocycles. The Hall–Kier alpha value is -3.92. The zero-order valence-corrected chi connectivity index (χ0v) is 24.4. The maximum absolute atomic E-state index is 13.8. The summed E-state index contributed by atoms with van der Waals surface area (Å²) in [6, 6.07) is 16.0. The predicted octanol–water partition coefficient (Wildman–Crippen LogP) is 2.77. The number of carbonyl (C=O) groups excluding carboxylic acids is 1. The monoisotopic (exact) mass is 632 g/mol. The van der Waals surface area contributed by atoms with Gasteiger partial charge in [0, 0.05) is 6.26 Å². The number of amides is 1. The molecule has 220 valence electrons. The number of nitrogens with zero attached hydrogens (tertiary/aromatic N) is 1. The topological polar surface area (TPSA) is 172 Å². The van der Waals surface area contributed by atoms with Crippen molar-refractivity contribution < 1.29 is 34.4 Å². The quantitative estimate of drug-likeness (QED) is 0.253. The van der Waals surface area contributed by atoms with E-state index >= 15 is 0 Å². The Labute approximate surface area is 242 Å². The Morgan fingerprint density at radius 3 is 2.29 bits per heavy atom. The Balaban J connectivity index is 1.46. The standard InChI is InChI=1S/C27H25FN4O7S3/c1-40(34,35)21-11-9-18(10-12-21)24-16-29-27(30-24)23(31-41(36,37)22-4-2-3-20(28)14-22)13-17-5-7-19(8-6-17)25-15-26(33)32-42(25,38)39/h2-12,14,16,23,25,31H,13,15H2,1H3,(H,29,30)(H,32,33). The largest absolute Gasteiger partial charge is 0.341 e. The molecule has 5 rings (SSSR count). The Bertz CT molecular complexity index is 1980. The highest BCUT2D eigenvalue weighted by molar-refractivity contribution is 7.91. The van der Waals surface area contributed by atoms with Crippen LogP contribution in [0.4, 0.5) is 4.39 Å². The lowest BCUT2D eigenvalue weighted by atomic mass is 10.0. The van der Waals surface area contributed by atoms with E-state index in [1.165, 1.54) is 30.5 Å². The van der Waals surface area contributed by atoms with Crippen LogP contribution >= 0.6 is 0 Å². The average Bonchev–Trinajstić information content (AvgIpc) is 3.52. The van der Waals surface area contributed by atoms with Crippen molar-refractivity contribution in [2.75, 3.05) is 6.26 Å². The molecule has 0 radical (unpaired) electrons. The van der Waals surface area contributed by atoms with Gasteiger partial charge >= 0.3 is 0 Å². The van der Waals surface area contributed by atoms with Gasteiger partial charge in [-0.25, -0.2) is 39.3 Å². The van der Waals surface area contributed by atoms with E-state index in [0.717, 1.165) is 18.4 Å². The first-order valence-corrected chi connectivity index (χ1v) is 17.4. The third kappa shape index (κ3) is 6.43. The van der Waals surface area contributed by atoms with Gasteiger partial charge in [0.2, 0.25) is 26.0 Å². The zero-order chi connectivity index (χ0) is 30.3. The third-order valence-corrected chi connectivity index (χ3v) is 11.0. The maximum Gasteiger partial charge on any atom is 0.242 e. The number of hydrogen-bond acceptors (Lipinski definition) is 8. The molecule has 2 heterocycles. The SMILES string of the molecule is CS(=O)(=O)c1ccc(-c2cnc(C(Cc3ccc(C4CC(=O)NS4(=O)=O)cc3)NS(=O)(=O)c3cccc(F)c3)[nH]2)cc1. The van der Waals surface area contributed by atoms with Crippen molar-refractivity contribution >= 4 is 35.8 Å². The minimum absolute atomic E-state index is 0.0728.